The molecule has 2 rings (SSSR count). The van der Waals surface area contributed by atoms with E-state index in [-0.39, 0.29) is 11.2 Å². The molecule has 0 unspecified atom stereocenters. The number of likely N-dealkylation sites (N-methyl/N-ethyl adjacent to an activating group) is 1. The SMILES string of the molecule is CN(C)C1(CNc2ccccc2C(F)(F)F)CCCC1. The lowest BCUT2D eigenvalue weighted by atomic mass is 9.95. The molecule has 1 saturated carbocycles. The number of nitrogens with one attached hydrogen (secondary N) is 1. The third kappa shape index (κ3) is 3.08. The van der Waals surface area contributed by atoms with Crippen molar-refractivity contribution in [2.24, 2.45) is 0 Å². The molecule has 1 aromatic rings. The molecule has 1 N–H and O–H groups in total. The Hall–Kier alpha value is -1.23. The minimum atomic E-state index is -4.31. The van der Waals surface area contributed by atoms with Crippen LogP contribution in [0.1, 0.15) is 31.2 Å². The lowest BCUT2D eigenvalue weighted by Crippen LogP contribution is -2.47. The van der Waals surface area contributed by atoms with E-state index in [0.29, 0.717) is 6.54 Å². The molecular formula is C15H21F3N2. The second-order valence-corrected chi connectivity index (χ2v) is 5.72. The van der Waals surface area contributed by atoms with Crippen LogP contribution < -0.4 is 5.32 Å². The van der Waals surface area contributed by atoms with Crippen molar-refractivity contribution in [2.45, 2.75) is 37.4 Å². The average Bonchev–Trinajstić information content (AvgIpc) is 2.86. The summed E-state index contributed by atoms with van der Waals surface area (Å²) in [5.41, 5.74) is -0.446. The molecule has 1 aromatic carbocycles. The number of hydrogen-bond acceptors (Lipinski definition) is 2. The number of para-hydroxylation sites is 1. The van der Waals surface area contributed by atoms with Gasteiger partial charge in [-0.3, -0.25) is 0 Å². The zero-order chi connectivity index (χ0) is 14.8. The normalized spacial score (nSPS) is 18.5. The first-order valence-electron chi connectivity index (χ1n) is 6.93. The largest absolute Gasteiger partial charge is 0.418 e. The highest BCUT2D eigenvalue weighted by atomic mass is 19.4. The summed E-state index contributed by atoms with van der Waals surface area (Å²) in [7, 11) is 4.01. The van der Waals surface area contributed by atoms with Crippen LogP contribution in [-0.2, 0) is 6.18 Å². The molecule has 0 aliphatic heterocycles. The van der Waals surface area contributed by atoms with E-state index in [1.807, 2.05) is 14.1 Å². The van der Waals surface area contributed by atoms with Crippen LogP contribution in [0.2, 0.25) is 0 Å². The van der Waals surface area contributed by atoms with Crippen molar-refractivity contribution in [2.75, 3.05) is 26.0 Å². The Kier molecular flexibility index (Phi) is 4.28. The van der Waals surface area contributed by atoms with Crippen LogP contribution in [0.25, 0.3) is 0 Å². The highest BCUT2D eigenvalue weighted by Gasteiger charge is 2.37. The fourth-order valence-electron chi connectivity index (χ4n) is 2.96. The third-order valence-corrected chi connectivity index (χ3v) is 4.32. The minimum Gasteiger partial charge on any atom is -0.383 e. The monoisotopic (exact) mass is 286 g/mol. The van der Waals surface area contributed by atoms with Crippen LogP contribution in [-0.4, -0.2) is 31.1 Å². The predicted octanol–water partition coefficient (Wildman–Crippen LogP) is 3.99. The third-order valence-electron chi connectivity index (χ3n) is 4.32. The number of benzene rings is 1. The second-order valence-electron chi connectivity index (χ2n) is 5.72. The van der Waals surface area contributed by atoms with Crippen LogP contribution >= 0.6 is 0 Å². The van der Waals surface area contributed by atoms with Gasteiger partial charge in [-0.25, -0.2) is 0 Å². The Bertz CT molecular complexity index is 449. The molecule has 0 heterocycles. The number of alkyl halides is 3. The Morgan fingerprint density at radius 1 is 1.15 bits per heavy atom. The molecule has 0 spiro atoms. The summed E-state index contributed by atoms with van der Waals surface area (Å²) in [6, 6.07) is 5.68. The summed E-state index contributed by atoms with van der Waals surface area (Å²) in [6.07, 6.45) is 0.0223. The highest BCUT2D eigenvalue weighted by molar-refractivity contribution is 5.52. The van der Waals surface area contributed by atoms with Crippen molar-refractivity contribution in [3.63, 3.8) is 0 Å². The Morgan fingerprint density at radius 2 is 1.75 bits per heavy atom. The molecular weight excluding hydrogens is 265 g/mol. The number of halogens is 3. The van der Waals surface area contributed by atoms with Crippen LogP contribution in [0.5, 0.6) is 0 Å². The van der Waals surface area contributed by atoms with E-state index in [1.165, 1.54) is 12.1 Å². The molecule has 0 radical (unpaired) electrons. The van der Waals surface area contributed by atoms with Gasteiger partial charge in [-0.2, -0.15) is 13.2 Å². The van der Waals surface area contributed by atoms with Gasteiger partial charge in [0.2, 0.25) is 0 Å². The van der Waals surface area contributed by atoms with Crippen molar-refractivity contribution in [3.05, 3.63) is 29.8 Å². The zero-order valence-electron chi connectivity index (χ0n) is 11.9. The van der Waals surface area contributed by atoms with E-state index >= 15 is 0 Å². The zero-order valence-corrected chi connectivity index (χ0v) is 11.9. The Morgan fingerprint density at radius 3 is 2.30 bits per heavy atom. The maximum absolute atomic E-state index is 13.0. The average molecular weight is 286 g/mol. The molecule has 20 heavy (non-hydrogen) atoms. The number of rotatable bonds is 4. The molecule has 5 heteroatoms. The van der Waals surface area contributed by atoms with E-state index in [0.717, 1.165) is 31.7 Å². The van der Waals surface area contributed by atoms with E-state index < -0.39 is 11.7 Å². The van der Waals surface area contributed by atoms with Gasteiger partial charge < -0.3 is 10.2 Å². The van der Waals surface area contributed by atoms with Gasteiger partial charge >= 0.3 is 6.18 Å². The summed E-state index contributed by atoms with van der Waals surface area (Å²) in [5.74, 6) is 0. The lowest BCUT2D eigenvalue weighted by molar-refractivity contribution is -0.137. The highest BCUT2D eigenvalue weighted by Crippen LogP contribution is 2.37. The molecule has 0 aromatic heterocycles. The molecule has 0 atom stereocenters. The number of nitrogens with zero attached hydrogens (tertiary/aromatic N) is 1. The van der Waals surface area contributed by atoms with E-state index in [9.17, 15) is 13.2 Å². The summed E-state index contributed by atoms with van der Waals surface area (Å²) in [4.78, 5) is 2.14. The lowest BCUT2D eigenvalue weighted by Gasteiger charge is -2.37. The number of hydrogen-bond donors (Lipinski definition) is 1. The topological polar surface area (TPSA) is 15.3 Å². The molecule has 2 nitrogen and oxygen atoms in total. The van der Waals surface area contributed by atoms with Gasteiger partial charge in [0, 0.05) is 17.8 Å². The number of anilines is 1. The van der Waals surface area contributed by atoms with Crippen LogP contribution in [0, 0.1) is 0 Å². The molecule has 1 fully saturated rings. The van der Waals surface area contributed by atoms with Crippen molar-refractivity contribution in [3.8, 4) is 0 Å². The Balaban J connectivity index is 2.15. The Labute approximate surface area is 118 Å². The first kappa shape index (κ1) is 15.2. The van der Waals surface area contributed by atoms with Gasteiger partial charge in [0.25, 0.3) is 0 Å². The van der Waals surface area contributed by atoms with Gasteiger partial charge in [-0.1, -0.05) is 25.0 Å². The second kappa shape index (κ2) is 5.64. The van der Waals surface area contributed by atoms with Gasteiger partial charge in [0.05, 0.1) is 5.56 Å². The molecule has 1 aliphatic rings. The van der Waals surface area contributed by atoms with Gasteiger partial charge in [0.15, 0.2) is 0 Å². The van der Waals surface area contributed by atoms with Gasteiger partial charge in [-0.05, 0) is 39.1 Å². The summed E-state index contributed by atoms with van der Waals surface area (Å²) >= 11 is 0. The van der Waals surface area contributed by atoms with Crippen LogP contribution in [0.15, 0.2) is 24.3 Å². The quantitative estimate of drug-likeness (QED) is 0.900. The van der Waals surface area contributed by atoms with E-state index in [2.05, 4.69) is 10.2 Å². The van der Waals surface area contributed by atoms with Gasteiger partial charge in [0.1, 0.15) is 0 Å². The standard InChI is InChI=1S/C15H21F3N2/c1-20(2)14(9-5-6-10-14)11-19-13-8-4-3-7-12(13)15(16,17)18/h3-4,7-8,19H,5-6,9-11H2,1-2H3. The summed E-state index contributed by atoms with van der Waals surface area (Å²) < 4.78 is 38.9. The smallest absolute Gasteiger partial charge is 0.383 e. The van der Waals surface area contributed by atoms with E-state index in [4.69, 9.17) is 0 Å². The molecule has 1 aliphatic carbocycles. The first-order chi connectivity index (χ1) is 9.35. The summed E-state index contributed by atoms with van der Waals surface area (Å²) in [5, 5.41) is 3.02. The fourth-order valence-corrected chi connectivity index (χ4v) is 2.96. The molecule has 0 saturated heterocycles. The minimum absolute atomic E-state index is 0.0291. The van der Waals surface area contributed by atoms with Crippen molar-refractivity contribution < 1.29 is 13.2 Å². The maximum Gasteiger partial charge on any atom is 0.418 e. The van der Waals surface area contributed by atoms with E-state index in [1.54, 1.807) is 6.07 Å². The van der Waals surface area contributed by atoms with Crippen molar-refractivity contribution in [1.29, 1.82) is 0 Å². The summed E-state index contributed by atoms with van der Waals surface area (Å²) in [6.45, 7) is 0.549. The molecule has 112 valence electrons. The first-order valence-corrected chi connectivity index (χ1v) is 6.93. The predicted molar refractivity (Wildman–Crippen MR) is 74.8 cm³/mol. The molecule has 0 bridgehead atoms. The fraction of sp³-hybridized carbons (Fsp3) is 0.600. The van der Waals surface area contributed by atoms with Crippen molar-refractivity contribution in [1.82, 2.24) is 4.90 Å². The van der Waals surface area contributed by atoms with Crippen LogP contribution in [0.4, 0.5) is 18.9 Å². The van der Waals surface area contributed by atoms with Gasteiger partial charge in [-0.15, -0.1) is 0 Å². The molecule has 0 amide bonds. The maximum atomic E-state index is 13.0. The van der Waals surface area contributed by atoms with Crippen molar-refractivity contribution >= 4 is 5.69 Å². The van der Waals surface area contributed by atoms with Crippen LogP contribution in [0.3, 0.4) is 0 Å².